The molecule has 1 N–H and O–H groups in total. The van der Waals surface area contributed by atoms with Crippen LogP contribution in [0.25, 0.3) is 0 Å². The molecule has 0 spiro atoms. The second kappa shape index (κ2) is 7.18. The number of furan rings is 1. The predicted molar refractivity (Wildman–Crippen MR) is 108 cm³/mol. The minimum Gasteiger partial charge on any atom is -0.459 e. The number of amides is 2. The highest BCUT2D eigenvalue weighted by Crippen LogP contribution is 2.44. The van der Waals surface area contributed by atoms with E-state index in [-0.39, 0.29) is 35.9 Å². The summed E-state index contributed by atoms with van der Waals surface area (Å²) in [6.07, 6.45) is 3.47. The van der Waals surface area contributed by atoms with E-state index in [1.807, 2.05) is 21.9 Å². The van der Waals surface area contributed by atoms with Gasteiger partial charge in [-0.25, -0.2) is 4.79 Å². The number of piperidine rings is 1. The predicted octanol–water partition coefficient (Wildman–Crippen LogP) is 2.88. The number of carbonyl (C=O) groups excluding carboxylic acids is 2. The van der Waals surface area contributed by atoms with Crippen LogP contribution in [0.1, 0.15) is 40.6 Å². The van der Waals surface area contributed by atoms with Gasteiger partial charge < -0.3 is 14.1 Å². The van der Waals surface area contributed by atoms with Crippen molar-refractivity contribution < 1.29 is 18.7 Å². The molecule has 1 aliphatic carbocycles. The van der Waals surface area contributed by atoms with E-state index in [0.717, 1.165) is 19.3 Å². The third-order valence-electron chi connectivity index (χ3n) is 6.02. The molecule has 150 valence electrons. The Labute approximate surface area is 173 Å². The average Bonchev–Trinajstić information content (AvgIpc) is 3.43. The zero-order valence-electron chi connectivity index (χ0n) is 15.7. The number of likely N-dealkylation sites (tertiary alicyclic amines) is 1. The van der Waals surface area contributed by atoms with E-state index in [2.05, 4.69) is 17.4 Å². The van der Waals surface area contributed by atoms with Crippen molar-refractivity contribution in [3.05, 3.63) is 59.5 Å². The third-order valence-corrected chi connectivity index (χ3v) is 6.38. The van der Waals surface area contributed by atoms with Gasteiger partial charge in [-0.3, -0.25) is 15.0 Å². The Morgan fingerprint density at radius 1 is 1.14 bits per heavy atom. The van der Waals surface area contributed by atoms with Crippen LogP contribution in [0.15, 0.2) is 47.1 Å². The number of thiocarbonyl (C=S) groups is 1. The summed E-state index contributed by atoms with van der Waals surface area (Å²) in [5.41, 5.74) is 2.46. The topological polar surface area (TPSA) is 75.0 Å². The summed E-state index contributed by atoms with van der Waals surface area (Å²) in [5.74, 6) is -0.122. The zero-order chi connectivity index (χ0) is 20.0. The minimum atomic E-state index is -0.351. The van der Waals surface area contributed by atoms with Gasteiger partial charge in [-0.15, -0.1) is 0 Å². The molecule has 2 amide bonds. The Balaban J connectivity index is 1.23. The summed E-state index contributed by atoms with van der Waals surface area (Å²) in [7, 11) is 0. The molecule has 2 aliphatic heterocycles. The average molecular weight is 411 g/mol. The first-order chi connectivity index (χ1) is 14.1. The first-order valence-corrected chi connectivity index (χ1v) is 10.2. The molecule has 3 heterocycles. The van der Waals surface area contributed by atoms with E-state index < -0.39 is 0 Å². The maximum Gasteiger partial charge on any atom is 0.411 e. The first-order valence-electron chi connectivity index (χ1n) is 9.82. The largest absolute Gasteiger partial charge is 0.459 e. The molecule has 7 nitrogen and oxygen atoms in total. The van der Waals surface area contributed by atoms with Crippen molar-refractivity contribution in [1.82, 2.24) is 15.1 Å². The Morgan fingerprint density at radius 3 is 2.69 bits per heavy atom. The van der Waals surface area contributed by atoms with Gasteiger partial charge in [0.05, 0.1) is 12.3 Å². The smallest absolute Gasteiger partial charge is 0.411 e. The van der Waals surface area contributed by atoms with Crippen molar-refractivity contribution in [2.24, 2.45) is 0 Å². The fraction of sp³-hybridized carbons (Fsp3) is 0.381. The monoisotopic (exact) mass is 411 g/mol. The molecule has 0 bridgehead atoms. The maximum atomic E-state index is 12.6. The molecule has 0 saturated carbocycles. The standard InChI is InChI=1S/C21H21N3O4S/c25-19(16-6-3-11-27-16)22-20(29)23-9-7-14(8-10-23)24-18-15-5-2-1-4-13(15)12-17(18)28-21(24)26/h1-6,11,14,17-18H,7-10,12H2,(H,22,25,29). The van der Waals surface area contributed by atoms with Crippen LogP contribution in [0, 0.1) is 0 Å². The second-order valence-corrected chi connectivity index (χ2v) is 8.02. The molecule has 8 heteroatoms. The number of nitrogens with one attached hydrogen (secondary N) is 1. The summed E-state index contributed by atoms with van der Waals surface area (Å²) in [6, 6.07) is 11.6. The van der Waals surface area contributed by atoms with Gasteiger partial charge in [0.25, 0.3) is 5.91 Å². The van der Waals surface area contributed by atoms with E-state index in [4.69, 9.17) is 21.4 Å². The normalized spacial score (nSPS) is 23.5. The number of fused-ring (bicyclic) bond motifs is 3. The van der Waals surface area contributed by atoms with Gasteiger partial charge in [0.15, 0.2) is 10.9 Å². The van der Waals surface area contributed by atoms with Crippen molar-refractivity contribution in [2.45, 2.75) is 37.5 Å². The third kappa shape index (κ3) is 3.17. The highest BCUT2D eigenvalue weighted by atomic mass is 32.1. The molecular weight excluding hydrogens is 390 g/mol. The Kier molecular flexibility index (Phi) is 4.50. The summed E-state index contributed by atoms with van der Waals surface area (Å²) < 4.78 is 10.8. The lowest BCUT2D eigenvalue weighted by Crippen LogP contribution is -2.51. The van der Waals surface area contributed by atoms with Crippen LogP contribution in [0.2, 0.25) is 0 Å². The molecule has 2 unspecified atom stereocenters. The number of ether oxygens (including phenoxy) is 1. The van der Waals surface area contributed by atoms with Crippen LogP contribution in [0.4, 0.5) is 4.79 Å². The summed E-state index contributed by atoms with van der Waals surface area (Å²) in [6.45, 7) is 1.34. The van der Waals surface area contributed by atoms with Crippen molar-refractivity contribution in [3.63, 3.8) is 0 Å². The quantitative estimate of drug-likeness (QED) is 0.766. The number of hydrogen-bond acceptors (Lipinski definition) is 5. The number of carbonyl (C=O) groups is 2. The zero-order valence-corrected chi connectivity index (χ0v) is 16.6. The van der Waals surface area contributed by atoms with E-state index in [0.29, 0.717) is 18.2 Å². The number of nitrogens with zero attached hydrogens (tertiary/aromatic N) is 2. The number of hydrogen-bond donors (Lipinski definition) is 1. The van der Waals surface area contributed by atoms with E-state index in [1.54, 1.807) is 12.1 Å². The van der Waals surface area contributed by atoms with Crippen LogP contribution in [-0.2, 0) is 11.2 Å². The fourth-order valence-corrected chi connectivity index (χ4v) is 4.92. The highest BCUT2D eigenvalue weighted by Gasteiger charge is 2.50. The Morgan fingerprint density at radius 2 is 1.93 bits per heavy atom. The lowest BCUT2D eigenvalue weighted by Gasteiger charge is -2.38. The van der Waals surface area contributed by atoms with Gasteiger partial charge in [0.1, 0.15) is 6.10 Å². The lowest BCUT2D eigenvalue weighted by molar-refractivity contribution is 0.0942. The van der Waals surface area contributed by atoms with Gasteiger partial charge in [-0.2, -0.15) is 0 Å². The van der Waals surface area contributed by atoms with Crippen molar-refractivity contribution >= 4 is 29.3 Å². The first kappa shape index (κ1) is 18.2. The molecule has 0 radical (unpaired) electrons. The summed E-state index contributed by atoms with van der Waals surface area (Å²) in [5, 5.41) is 3.10. The Bertz CT molecular complexity index is 953. The highest BCUT2D eigenvalue weighted by molar-refractivity contribution is 7.80. The van der Waals surface area contributed by atoms with Crippen molar-refractivity contribution in [2.75, 3.05) is 13.1 Å². The summed E-state index contributed by atoms with van der Waals surface area (Å²) in [4.78, 5) is 28.6. The lowest BCUT2D eigenvalue weighted by atomic mass is 9.99. The van der Waals surface area contributed by atoms with E-state index >= 15 is 0 Å². The van der Waals surface area contributed by atoms with E-state index in [1.165, 1.54) is 17.4 Å². The van der Waals surface area contributed by atoms with Gasteiger partial charge in [0.2, 0.25) is 0 Å². The van der Waals surface area contributed by atoms with Crippen LogP contribution < -0.4 is 5.32 Å². The van der Waals surface area contributed by atoms with E-state index in [9.17, 15) is 9.59 Å². The molecule has 1 aromatic carbocycles. The van der Waals surface area contributed by atoms with Gasteiger partial charge >= 0.3 is 6.09 Å². The molecule has 2 atom stereocenters. The van der Waals surface area contributed by atoms with Gasteiger partial charge in [0, 0.05) is 25.6 Å². The van der Waals surface area contributed by atoms with Crippen molar-refractivity contribution in [3.8, 4) is 0 Å². The van der Waals surface area contributed by atoms with Gasteiger partial charge in [-0.05, 0) is 48.3 Å². The molecular formula is C21H21N3O4S. The second-order valence-electron chi connectivity index (χ2n) is 7.63. The van der Waals surface area contributed by atoms with Crippen molar-refractivity contribution in [1.29, 1.82) is 0 Å². The maximum absolute atomic E-state index is 12.6. The molecule has 2 fully saturated rings. The molecule has 3 aliphatic rings. The summed E-state index contributed by atoms with van der Waals surface area (Å²) >= 11 is 5.39. The number of benzene rings is 1. The SMILES string of the molecule is O=C(NC(=S)N1CCC(N2C(=O)OC3Cc4ccccc4C32)CC1)c1ccco1. The fourth-order valence-electron chi connectivity index (χ4n) is 4.65. The minimum absolute atomic E-state index is 0.000793. The molecule has 5 rings (SSSR count). The van der Waals surface area contributed by atoms with Crippen LogP contribution in [-0.4, -0.2) is 52.1 Å². The van der Waals surface area contributed by atoms with Crippen LogP contribution in [0.3, 0.4) is 0 Å². The van der Waals surface area contributed by atoms with Gasteiger partial charge in [-0.1, -0.05) is 24.3 Å². The van der Waals surface area contributed by atoms with Crippen LogP contribution in [0.5, 0.6) is 0 Å². The van der Waals surface area contributed by atoms with Crippen LogP contribution >= 0.6 is 12.2 Å². The molecule has 29 heavy (non-hydrogen) atoms. The Hall–Kier alpha value is -2.87. The molecule has 1 aromatic heterocycles. The molecule has 2 saturated heterocycles. The molecule has 2 aromatic rings. The number of rotatable bonds is 2.